The van der Waals surface area contributed by atoms with Crippen LogP contribution in [0.5, 0.6) is 0 Å². The highest BCUT2D eigenvalue weighted by atomic mass is 16.1. The number of amidine groups is 1. The second kappa shape index (κ2) is 4.67. The molecule has 56 valence electrons. The molecule has 0 saturated carbocycles. The van der Waals surface area contributed by atoms with E-state index in [9.17, 15) is 4.79 Å². The predicted octanol–water partition coefficient (Wildman–Crippen LogP) is -0.0208. The summed E-state index contributed by atoms with van der Waals surface area (Å²) in [6.45, 7) is 3.71. The van der Waals surface area contributed by atoms with Crippen LogP contribution in [0.25, 0.3) is 0 Å². The molecule has 0 spiro atoms. The fourth-order valence-electron chi connectivity index (χ4n) is 0.435. The van der Waals surface area contributed by atoms with Gasteiger partial charge < -0.3 is 5.73 Å². The third-order valence-corrected chi connectivity index (χ3v) is 0.703. The molecule has 0 aliphatic heterocycles. The van der Waals surface area contributed by atoms with E-state index in [0.29, 0.717) is 6.29 Å². The van der Waals surface area contributed by atoms with Gasteiger partial charge in [-0.3, -0.25) is 9.79 Å². The molecule has 0 bridgehead atoms. The molecule has 0 aromatic carbocycles. The fourth-order valence-corrected chi connectivity index (χ4v) is 0.435. The number of rotatable bonds is 2. The van der Waals surface area contributed by atoms with Gasteiger partial charge in [-0.2, -0.15) is 0 Å². The molecule has 0 rings (SSSR count). The van der Waals surface area contributed by atoms with Crippen LogP contribution in [-0.2, 0) is 4.79 Å². The van der Waals surface area contributed by atoms with Crippen molar-refractivity contribution in [3.05, 3.63) is 0 Å². The van der Waals surface area contributed by atoms with E-state index in [2.05, 4.69) is 9.98 Å². The molecule has 0 aliphatic carbocycles. The van der Waals surface area contributed by atoms with Gasteiger partial charge in [0.2, 0.25) is 0 Å². The lowest BCUT2D eigenvalue weighted by Gasteiger charge is -1.94. The summed E-state index contributed by atoms with van der Waals surface area (Å²) >= 11 is 0. The van der Waals surface area contributed by atoms with E-state index in [1.165, 1.54) is 0 Å². The minimum absolute atomic E-state index is 0.0731. The van der Waals surface area contributed by atoms with Gasteiger partial charge in [-0.25, -0.2) is 4.99 Å². The number of aliphatic imine (C=N–C) groups is 2. The molecule has 0 aromatic rings. The maximum absolute atomic E-state index is 10.1. The van der Waals surface area contributed by atoms with Gasteiger partial charge in [0.1, 0.15) is 0 Å². The average molecular weight is 141 g/mol. The largest absolute Gasteiger partial charge is 0.390 e. The monoisotopic (exact) mass is 141 g/mol. The van der Waals surface area contributed by atoms with Crippen LogP contribution in [0, 0.1) is 0 Å². The van der Waals surface area contributed by atoms with E-state index in [1.807, 2.05) is 13.8 Å². The number of hydrogen-bond acceptors (Lipinski definition) is 2. The Kier molecular flexibility index (Phi) is 4.11. The first-order chi connectivity index (χ1) is 4.70. The summed E-state index contributed by atoms with van der Waals surface area (Å²) in [6.07, 6.45) is 1.62. The Balaban J connectivity index is 4.18. The maximum atomic E-state index is 10.1. The van der Waals surface area contributed by atoms with E-state index < -0.39 is 0 Å². The van der Waals surface area contributed by atoms with Crippen LogP contribution in [0.1, 0.15) is 13.8 Å². The first-order valence-corrected chi connectivity index (χ1v) is 2.98. The fraction of sp³-hybridized carbons (Fsp3) is 0.500. The topological polar surface area (TPSA) is 67.8 Å². The Morgan fingerprint density at radius 2 is 2.20 bits per heavy atom. The van der Waals surface area contributed by atoms with E-state index >= 15 is 0 Å². The Labute approximate surface area is 59.9 Å². The van der Waals surface area contributed by atoms with E-state index in [0.717, 1.165) is 6.34 Å². The van der Waals surface area contributed by atoms with Crippen LogP contribution in [0.3, 0.4) is 0 Å². The molecule has 0 fully saturated rings. The molecule has 0 aromatic heterocycles. The van der Waals surface area contributed by atoms with E-state index in [4.69, 9.17) is 5.73 Å². The van der Waals surface area contributed by atoms with Gasteiger partial charge in [-0.05, 0) is 13.8 Å². The quantitative estimate of drug-likeness (QED) is 0.333. The summed E-state index contributed by atoms with van der Waals surface area (Å²) in [5.41, 5.74) is 4.95. The molecule has 4 nitrogen and oxygen atoms in total. The average Bonchev–Trinajstić information content (AvgIpc) is 1.86. The molecule has 0 unspecified atom stereocenters. The van der Waals surface area contributed by atoms with Gasteiger partial charge in [0.15, 0.2) is 12.1 Å². The molecule has 10 heavy (non-hydrogen) atoms. The Bertz CT molecular complexity index is 160. The molecule has 0 amide bonds. The SMILES string of the molecule is CC(C)N=C(C=O)N=CN. The number of carbonyl (C=O) groups is 1. The lowest BCUT2D eigenvalue weighted by molar-refractivity contribution is -0.102. The predicted molar refractivity (Wildman–Crippen MR) is 41.3 cm³/mol. The van der Waals surface area contributed by atoms with Crippen molar-refractivity contribution in [1.82, 2.24) is 0 Å². The van der Waals surface area contributed by atoms with Crippen molar-refractivity contribution in [3.8, 4) is 0 Å². The molecule has 0 saturated heterocycles. The van der Waals surface area contributed by atoms with Gasteiger partial charge in [-0.15, -0.1) is 0 Å². The minimum Gasteiger partial charge on any atom is -0.390 e. The van der Waals surface area contributed by atoms with Crippen LogP contribution >= 0.6 is 0 Å². The van der Waals surface area contributed by atoms with Gasteiger partial charge in [0.25, 0.3) is 0 Å². The highest BCUT2D eigenvalue weighted by molar-refractivity contribution is 6.28. The molecule has 0 atom stereocenters. The van der Waals surface area contributed by atoms with Crippen LogP contribution < -0.4 is 5.73 Å². The Morgan fingerprint density at radius 3 is 2.50 bits per heavy atom. The summed E-state index contributed by atoms with van der Waals surface area (Å²) in [5, 5.41) is 0. The second-order valence-electron chi connectivity index (χ2n) is 1.98. The first kappa shape index (κ1) is 8.81. The second-order valence-corrected chi connectivity index (χ2v) is 1.98. The molecular weight excluding hydrogens is 130 g/mol. The van der Waals surface area contributed by atoms with Crippen molar-refractivity contribution in [1.29, 1.82) is 0 Å². The number of nitrogens with two attached hydrogens (primary N) is 1. The third-order valence-electron chi connectivity index (χ3n) is 0.703. The molecular formula is C6H11N3O. The number of aldehydes is 1. The summed E-state index contributed by atoms with van der Waals surface area (Å²) in [6, 6.07) is 0.0731. The summed E-state index contributed by atoms with van der Waals surface area (Å²) in [5.74, 6) is 0.137. The van der Waals surface area contributed by atoms with Crippen LogP contribution in [0.2, 0.25) is 0 Å². The van der Waals surface area contributed by atoms with Crippen LogP contribution in [0.4, 0.5) is 0 Å². The highest BCUT2D eigenvalue weighted by Gasteiger charge is 1.92. The number of nitrogens with zero attached hydrogens (tertiary/aromatic N) is 2. The molecule has 2 N–H and O–H groups in total. The van der Waals surface area contributed by atoms with Crippen molar-refractivity contribution in [2.75, 3.05) is 0 Å². The zero-order valence-corrected chi connectivity index (χ0v) is 6.11. The number of hydrogen-bond donors (Lipinski definition) is 1. The van der Waals surface area contributed by atoms with Crippen molar-refractivity contribution >= 4 is 18.5 Å². The van der Waals surface area contributed by atoms with Gasteiger partial charge in [-0.1, -0.05) is 0 Å². The van der Waals surface area contributed by atoms with Gasteiger partial charge in [0.05, 0.1) is 6.34 Å². The Morgan fingerprint density at radius 1 is 1.60 bits per heavy atom. The van der Waals surface area contributed by atoms with Gasteiger partial charge in [0, 0.05) is 6.04 Å². The van der Waals surface area contributed by atoms with Crippen molar-refractivity contribution in [2.45, 2.75) is 19.9 Å². The lowest BCUT2D eigenvalue weighted by Crippen LogP contribution is -2.03. The smallest absolute Gasteiger partial charge is 0.189 e. The van der Waals surface area contributed by atoms with E-state index in [1.54, 1.807) is 0 Å². The minimum atomic E-state index is 0.0731. The molecule has 0 aliphatic rings. The first-order valence-electron chi connectivity index (χ1n) is 2.98. The standard InChI is InChI=1S/C6H11N3O/c1-5(2)9-6(3-10)8-4-7/h3-5H,1-2H3,(H2,7,8,9). The highest BCUT2D eigenvalue weighted by Crippen LogP contribution is 1.86. The summed E-state index contributed by atoms with van der Waals surface area (Å²) in [4.78, 5) is 17.5. The maximum Gasteiger partial charge on any atom is 0.189 e. The van der Waals surface area contributed by atoms with Gasteiger partial charge >= 0.3 is 0 Å². The third kappa shape index (κ3) is 3.77. The summed E-state index contributed by atoms with van der Waals surface area (Å²) < 4.78 is 0. The molecule has 0 radical (unpaired) electrons. The van der Waals surface area contributed by atoms with E-state index in [-0.39, 0.29) is 11.9 Å². The van der Waals surface area contributed by atoms with Crippen LogP contribution in [-0.4, -0.2) is 24.5 Å². The van der Waals surface area contributed by atoms with Crippen LogP contribution in [0.15, 0.2) is 9.98 Å². The van der Waals surface area contributed by atoms with Crippen molar-refractivity contribution in [2.24, 2.45) is 15.7 Å². The lowest BCUT2D eigenvalue weighted by atomic mass is 10.4. The van der Waals surface area contributed by atoms with Crippen molar-refractivity contribution in [3.63, 3.8) is 0 Å². The zero-order valence-electron chi connectivity index (χ0n) is 6.11. The Hall–Kier alpha value is -1.19. The van der Waals surface area contributed by atoms with Crippen molar-refractivity contribution < 1.29 is 4.79 Å². The molecule has 0 heterocycles. The molecule has 4 heteroatoms. The zero-order chi connectivity index (χ0) is 7.98. The normalized spacial score (nSPS) is 12.9. The summed E-state index contributed by atoms with van der Waals surface area (Å²) in [7, 11) is 0. The number of carbonyl (C=O) groups excluding carboxylic acids is 1.